The number of nitrogens with zero attached hydrogens (tertiary/aromatic N) is 1. The second-order valence-corrected chi connectivity index (χ2v) is 5.91. The van der Waals surface area contributed by atoms with E-state index in [1.165, 1.54) is 0 Å². The minimum Gasteiger partial charge on any atom is -0.484 e. The zero-order valence-corrected chi connectivity index (χ0v) is 13.4. The standard InChI is InChI=1S/C16H21ClN2O2/c1-11(2)6-18-9-16-12(3)4-15(21-16)10-20-14-5-13(17)7-19-8-14/h4-5,7-8,11,18H,6,9-10H2,1-3H3. The van der Waals surface area contributed by atoms with Gasteiger partial charge in [-0.3, -0.25) is 4.98 Å². The van der Waals surface area contributed by atoms with E-state index >= 15 is 0 Å². The molecule has 2 aromatic rings. The van der Waals surface area contributed by atoms with E-state index in [1.54, 1.807) is 18.5 Å². The lowest BCUT2D eigenvalue weighted by molar-refractivity contribution is 0.264. The third-order valence-corrected chi connectivity index (χ3v) is 3.18. The second-order valence-electron chi connectivity index (χ2n) is 5.47. The highest BCUT2D eigenvalue weighted by molar-refractivity contribution is 6.30. The summed E-state index contributed by atoms with van der Waals surface area (Å²) in [5.74, 6) is 3.02. The van der Waals surface area contributed by atoms with Gasteiger partial charge < -0.3 is 14.5 Å². The predicted molar refractivity (Wildman–Crippen MR) is 83.6 cm³/mol. The molecular formula is C16H21ClN2O2. The summed E-state index contributed by atoms with van der Waals surface area (Å²) in [4.78, 5) is 3.98. The van der Waals surface area contributed by atoms with Gasteiger partial charge in [-0.25, -0.2) is 0 Å². The van der Waals surface area contributed by atoms with Crippen LogP contribution in [-0.2, 0) is 13.2 Å². The van der Waals surface area contributed by atoms with E-state index in [0.29, 0.717) is 23.3 Å². The maximum Gasteiger partial charge on any atom is 0.146 e. The zero-order valence-electron chi connectivity index (χ0n) is 12.6. The summed E-state index contributed by atoms with van der Waals surface area (Å²) in [6.07, 6.45) is 3.21. The van der Waals surface area contributed by atoms with Crippen LogP contribution in [0, 0.1) is 12.8 Å². The van der Waals surface area contributed by atoms with Crippen molar-refractivity contribution in [3.05, 3.63) is 46.6 Å². The monoisotopic (exact) mass is 308 g/mol. The normalized spacial score (nSPS) is 11.1. The van der Waals surface area contributed by atoms with E-state index in [1.807, 2.05) is 13.0 Å². The van der Waals surface area contributed by atoms with Crippen LogP contribution in [0.25, 0.3) is 0 Å². The van der Waals surface area contributed by atoms with Crippen molar-refractivity contribution in [2.75, 3.05) is 6.54 Å². The molecule has 0 aliphatic rings. The SMILES string of the molecule is Cc1cc(COc2cncc(Cl)c2)oc1CNCC(C)C. The van der Waals surface area contributed by atoms with Crippen LogP contribution < -0.4 is 10.1 Å². The van der Waals surface area contributed by atoms with Crippen LogP contribution in [0.4, 0.5) is 0 Å². The van der Waals surface area contributed by atoms with Crippen molar-refractivity contribution in [3.63, 3.8) is 0 Å². The van der Waals surface area contributed by atoms with Gasteiger partial charge in [-0.2, -0.15) is 0 Å². The van der Waals surface area contributed by atoms with E-state index in [-0.39, 0.29) is 0 Å². The van der Waals surface area contributed by atoms with Crippen molar-refractivity contribution in [2.45, 2.75) is 33.9 Å². The maximum atomic E-state index is 5.86. The molecule has 2 aromatic heterocycles. The number of rotatable bonds is 7. The lowest BCUT2D eigenvalue weighted by Gasteiger charge is -2.06. The summed E-state index contributed by atoms with van der Waals surface area (Å²) in [5, 5.41) is 3.93. The van der Waals surface area contributed by atoms with Gasteiger partial charge in [0.25, 0.3) is 0 Å². The Labute approximate surface area is 130 Å². The lowest BCUT2D eigenvalue weighted by atomic mass is 10.2. The van der Waals surface area contributed by atoms with Crippen LogP contribution in [0.1, 0.15) is 30.9 Å². The fourth-order valence-electron chi connectivity index (χ4n) is 1.94. The predicted octanol–water partition coefficient (Wildman–Crippen LogP) is 3.96. The lowest BCUT2D eigenvalue weighted by Crippen LogP contribution is -2.18. The van der Waals surface area contributed by atoms with Crippen LogP contribution in [-0.4, -0.2) is 11.5 Å². The molecule has 0 aromatic carbocycles. The zero-order chi connectivity index (χ0) is 15.2. The smallest absolute Gasteiger partial charge is 0.146 e. The number of ether oxygens (including phenoxy) is 1. The van der Waals surface area contributed by atoms with Crippen molar-refractivity contribution < 1.29 is 9.15 Å². The minimum atomic E-state index is 0.368. The van der Waals surface area contributed by atoms with Crippen molar-refractivity contribution in [1.82, 2.24) is 10.3 Å². The average molecular weight is 309 g/mol. The molecule has 0 aliphatic heterocycles. The van der Waals surface area contributed by atoms with Gasteiger partial charge >= 0.3 is 0 Å². The maximum absolute atomic E-state index is 5.86. The average Bonchev–Trinajstić information content (AvgIpc) is 2.77. The van der Waals surface area contributed by atoms with Gasteiger partial charge in [0.1, 0.15) is 23.9 Å². The second kappa shape index (κ2) is 7.48. The van der Waals surface area contributed by atoms with Crippen LogP contribution >= 0.6 is 11.6 Å². The number of hydrogen-bond donors (Lipinski definition) is 1. The molecule has 0 aliphatic carbocycles. The number of furan rings is 1. The highest BCUT2D eigenvalue weighted by Crippen LogP contribution is 2.19. The molecule has 0 bridgehead atoms. The van der Waals surface area contributed by atoms with E-state index in [4.69, 9.17) is 20.8 Å². The summed E-state index contributed by atoms with van der Waals surface area (Å²) in [6.45, 7) is 8.48. The van der Waals surface area contributed by atoms with Gasteiger partial charge in [-0.1, -0.05) is 25.4 Å². The van der Waals surface area contributed by atoms with Crippen LogP contribution in [0.3, 0.4) is 0 Å². The van der Waals surface area contributed by atoms with Gasteiger partial charge in [0.2, 0.25) is 0 Å². The van der Waals surface area contributed by atoms with Crippen molar-refractivity contribution in [3.8, 4) is 5.75 Å². The van der Waals surface area contributed by atoms with Crippen molar-refractivity contribution in [1.29, 1.82) is 0 Å². The van der Waals surface area contributed by atoms with E-state index in [0.717, 1.165) is 30.2 Å². The summed E-state index contributed by atoms with van der Waals surface area (Å²) >= 11 is 5.86. The molecular weight excluding hydrogens is 288 g/mol. The topological polar surface area (TPSA) is 47.3 Å². The molecule has 4 nitrogen and oxygen atoms in total. The van der Waals surface area contributed by atoms with Crippen molar-refractivity contribution >= 4 is 11.6 Å². The summed E-state index contributed by atoms with van der Waals surface area (Å²) in [6, 6.07) is 3.74. The van der Waals surface area contributed by atoms with Gasteiger partial charge in [0.05, 0.1) is 17.8 Å². The third kappa shape index (κ3) is 5.06. The molecule has 0 unspecified atom stereocenters. The summed E-state index contributed by atoms with van der Waals surface area (Å²) in [5.41, 5.74) is 1.13. The molecule has 5 heteroatoms. The van der Waals surface area contributed by atoms with Crippen molar-refractivity contribution in [2.24, 2.45) is 5.92 Å². The molecule has 0 amide bonds. The van der Waals surface area contributed by atoms with E-state index in [2.05, 4.69) is 24.1 Å². The molecule has 2 heterocycles. The molecule has 1 N–H and O–H groups in total. The number of aromatic nitrogens is 1. The number of hydrogen-bond acceptors (Lipinski definition) is 4. The van der Waals surface area contributed by atoms with Crippen LogP contribution in [0.15, 0.2) is 28.9 Å². The Morgan fingerprint density at radius 2 is 2.14 bits per heavy atom. The molecule has 0 atom stereocenters. The first-order chi connectivity index (χ1) is 10.0. The van der Waals surface area contributed by atoms with E-state index < -0.39 is 0 Å². The van der Waals surface area contributed by atoms with Gasteiger partial charge in [-0.05, 0) is 31.0 Å². The molecule has 21 heavy (non-hydrogen) atoms. The van der Waals surface area contributed by atoms with Gasteiger partial charge in [0.15, 0.2) is 0 Å². The fourth-order valence-corrected chi connectivity index (χ4v) is 2.10. The molecule has 0 spiro atoms. The quantitative estimate of drug-likeness (QED) is 0.841. The first-order valence-corrected chi connectivity index (χ1v) is 7.44. The molecule has 114 valence electrons. The molecule has 2 rings (SSSR count). The number of halogens is 1. The number of pyridine rings is 1. The first kappa shape index (κ1) is 15.9. The van der Waals surface area contributed by atoms with Gasteiger partial charge in [-0.15, -0.1) is 0 Å². The molecule has 0 radical (unpaired) electrons. The Balaban J connectivity index is 1.89. The Morgan fingerprint density at radius 1 is 1.33 bits per heavy atom. The molecule has 0 fully saturated rings. The van der Waals surface area contributed by atoms with Crippen LogP contribution in [0.5, 0.6) is 5.75 Å². The Bertz CT molecular complexity index is 581. The largest absolute Gasteiger partial charge is 0.484 e. The Kier molecular flexibility index (Phi) is 5.65. The fraction of sp³-hybridized carbons (Fsp3) is 0.438. The molecule has 0 saturated carbocycles. The highest BCUT2D eigenvalue weighted by Gasteiger charge is 2.08. The van der Waals surface area contributed by atoms with E-state index in [9.17, 15) is 0 Å². The van der Waals surface area contributed by atoms with Gasteiger partial charge in [0, 0.05) is 12.3 Å². The first-order valence-electron chi connectivity index (χ1n) is 7.07. The minimum absolute atomic E-state index is 0.368. The number of nitrogens with one attached hydrogen (secondary N) is 1. The highest BCUT2D eigenvalue weighted by atomic mass is 35.5. The Morgan fingerprint density at radius 3 is 2.86 bits per heavy atom. The summed E-state index contributed by atoms with van der Waals surface area (Å²) in [7, 11) is 0. The van der Waals surface area contributed by atoms with Crippen LogP contribution in [0.2, 0.25) is 5.02 Å². The third-order valence-electron chi connectivity index (χ3n) is 2.97. The molecule has 0 saturated heterocycles. The summed E-state index contributed by atoms with van der Waals surface area (Å²) < 4.78 is 11.4. The Hall–Kier alpha value is -1.52. The number of aryl methyl sites for hydroxylation is 1.